The van der Waals surface area contributed by atoms with Gasteiger partial charge in [-0.25, -0.2) is 4.79 Å². The second-order valence-corrected chi connectivity index (χ2v) is 4.81. The smallest absolute Gasteiger partial charge is 0.409 e. The Kier molecular flexibility index (Phi) is 5.14. The van der Waals surface area contributed by atoms with Crippen LogP contribution in [0.4, 0.5) is 4.79 Å². The number of hydrogen-bond acceptors (Lipinski definition) is 3. The Balaban J connectivity index is 2.16. The van der Waals surface area contributed by atoms with Crippen LogP contribution < -0.4 is 15.8 Å². The highest BCUT2D eigenvalue weighted by atomic mass is 16.5. The molecule has 0 aromatic heterocycles. The minimum Gasteiger partial charge on any atom is -0.410 e. The van der Waals surface area contributed by atoms with Gasteiger partial charge in [-0.2, -0.15) is 0 Å². The van der Waals surface area contributed by atoms with Crippen LogP contribution in [0.1, 0.15) is 12.0 Å². The molecule has 5 nitrogen and oxygen atoms in total. The van der Waals surface area contributed by atoms with Gasteiger partial charge in [0.1, 0.15) is 5.75 Å². The van der Waals surface area contributed by atoms with Crippen molar-refractivity contribution in [1.82, 2.24) is 5.32 Å². The fourth-order valence-electron chi connectivity index (χ4n) is 2.25. The molecule has 0 bridgehead atoms. The first kappa shape index (κ1) is 15.6. The van der Waals surface area contributed by atoms with Gasteiger partial charge in [0, 0.05) is 13.0 Å². The first-order valence-corrected chi connectivity index (χ1v) is 6.96. The molecule has 114 valence electrons. The summed E-state index contributed by atoms with van der Waals surface area (Å²) in [7, 11) is 0. The van der Waals surface area contributed by atoms with Gasteiger partial charge in [-0.05, 0) is 34.9 Å². The van der Waals surface area contributed by atoms with Gasteiger partial charge in [0.2, 0.25) is 5.91 Å². The summed E-state index contributed by atoms with van der Waals surface area (Å²) in [6.07, 6.45) is 1.72. The van der Waals surface area contributed by atoms with Crippen LogP contribution in [0.2, 0.25) is 0 Å². The highest BCUT2D eigenvalue weighted by Gasteiger charge is 2.05. The summed E-state index contributed by atoms with van der Waals surface area (Å²) in [5.41, 5.74) is 6.09. The van der Waals surface area contributed by atoms with E-state index in [1.807, 2.05) is 24.3 Å². The van der Waals surface area contributed by atoms with Crippen LogP contribution in [0, 0.1) is 0 Å². The average molecular weight is 298 g/mol. The summed E-state index contributed by atoms with van der Waals surface area (Å²) in [4.78, 5) is 22.3. The normalized spacial score (nSPS) is 10.2. The zero-order valence-electron chi connectivity index (χ0n) is 12.2. The largest absolute Gasteiger partial charge is 0.410 e. The summed E-state index contributed by atoms with van der Waals surface area (Å²) >= 11 is 0. The number of primary amides is 1. The number of amides is 2. The Morgan fingerprint density at radius 2 is 2.09 bits per heavy atom. The van der Waals surface area contributed by atoms with E-state index in [2.05, 4.69) is 11.9 Å². The summed E-state index contributed by atoms with van der Waals surface area (Å²) in [5.74, 6) is 0.358. The maximum atomic E-state index is 11.4. The lowest BCUT2D eigenvalue weighted by Gasteiger charge is -2.09. The number of ether oxygens (including phenoxy) is 1. The van der Waals surface area contributed by atoms with E-state index in [1.54, 1.807) is 18.2 Å². The summed E-state index contributed by atoms with van der Waals surface area (Å²) in [6, 6.07) is 11.3. The fourth-order valence-corrected chi connectivity index (χ4v) is 2.25. The van der Waals surface area contributed by atoms with E-state index in [4.69, 9.17) is 10.5 Å². The number of carbonyl (C=O) groups excluding carboxylic acids is 2. The number of nitrogens with one attached hydrogen (secondary N) is 1. The van der Waals surface area contributed by atoms with Gasteiger partial charge >= 0.3 is 6.09 Å². The van der Waals surface area contributed by atoms with Crippen LogP contribution in [-0.2, 0) is 11.2 Å². The van der Waals surface area contributed by atoms with Crippen molar-refractivity contribution < 1.29 is 14.3 Å². The third-order valence-corrected chi connectivity index (χ3v) is 3.21. The van der Waals surface area contributed by atoms with Crippen molar-refractivity contribution in [2.45, 2.75) is 12.8 Å². The van der Waals surface area contributed by atoms with E-state index in [0.717, 1.165) is 16.3 Å². The molecule has 0 fully saturated rings. The van der Waals surface area contributed by atoms with E-state index in [-0.39, 0.29) is 5.91 Å². The van der Waals surface area contributed by atoms with Crippen molar-refractivity contribution in [3.05, 3.63) is 54.6 Å². The molecule has 0 unspecified atom stereocenters. The lowest BCUT2D eigenvalue weighted by atomic mass is 10.0. The minimum atomic E-state index is -0.839. The molecule has 0 saturated heterocycles. The molecule has 2 aromatic carbocycles. The lowest BCUT2D eigenvalue weighted by Crippen LogP contribution is -2.24. The molecule has 0 spiro atoms. The van der Waals surface area contributed by atoms with Gasteiger partial charge in [0.15, 0.2) is 0 Å². The molecule has 0 saturated carbocycles. The molecule has 0 atom stereocenters. The standard InChI is InChI=1S/C17H18N2O3/c1-2-4-16(20)19-10-9-13-6-3-5-12-7-8-14(11-15(12)13)22-17(18)21/h2-3,5-8,11H,1,4,9-10H2,(H2,18,21)(H,19,20). The quantitative estimate of drug-likeness (QED) is 0.804. The molecule has 5 heteroatoms. The van der Waals surface area contributed by atoms with E-state index < -0.39 is 6.09 Å². The molecule has 0 aliphatic carbocycles. The lowest BCUT2D eigenvalue weighted by molar-refractivity contribution is -0.120. The zero-order chi connectivity index (χ0) is 15.9. The van der Waals surface area contributed by atoms with Gasteiger partial charge in [-0.15, -0.1) is 6.58 Å². The molecule has 2 amide bonds. The predicted octanol–water partition coefficient (Wildman–Crippen LogP) is 2.53. The van der Waals surface area contributed by atoms with Crippen LogP contribution in [0.3, 0.4) is 0 Å². The van der Waals surface area contributed by atoms with E-state index >= 15 is 0 Å². The Morgan fingerprint density at radius 1 is 1.27 bits per heavy atom. The highest BCUT2D eigenvalue weighted by Crippen LogP contribution is 2.24. The third kappa shape index (κ3) is 4.09. The third-order valence-electron chi connectivity index (χ3n) is 3.21. The topological polar surface area (TPSA) is 81.4 Å². The molecule has 2 aromatic rings. The summed E-state index contributed by atoms with van der Waals surface area (Å²) < 4.78 is 4.91. The van der Waals surface area contributed by atoms with Crippen LogP contribution >= 0.6 is 0 Å². The zero-order valence-corrected chi connectivity index (χ0v) is 12.2. The minimum absolute atomic E-state index is 0.0482. The van der Waals surface area contributed by atoms with Crippen LogP contribution in [0.5, 0.6) is 5.75 Å². The average Bonchev–Trinajstić information content (AvgIpc) is 2.47. The molecule has 0 aliphatic heterocycles. The highest BCUT2D eigenvalue weighted by molar-refractivity contribution is 5.87. The Morgan fingerprint density at radius 3 is 2.82 bits per heavy atom. The van der Waals surface area contributed by atoms with Crippen molar-refractivity contribution >= 4 is 22.8 Å². The predicted molar refractivity (Wildman–Crippen MR) is 85.7 cm³/mol. The van der Waals surface area contributed by atoms with Crippen LogP contribution in [0.25, 0.3) is 10.8 Å². The number of benzene rings is 2. The number of carbonyl (C=O) groups is 2. The first-order valence-electron chi connectivity index (χ1n) is 6.96. The molecule has 0 radical (unpaired) electrons. The van der Waals surface area contributed by atoms with Crippen LogP contribution in [-0.4, -0.2) is 18.5 Å². The first-order chi connectivity index (χ1) is 10.6. The van der Waals surface area contributed by atoms with Gasteiger partial charge in [-0.3, -0.25) is 4.79 Å². The van der Waals surface area contributed by atoms with Gasteiger partial charge in [0.05, 0.1) is 0 Å². The Hall–Kier alpha value is -2.82. The van der Waals surface area contributed by atoms with Crippen molar-refractivity contribution in [3.63, 3.8) is 0 Å². The molecule has 0 heterocycles. The molecular weight excluding hydrogens is 280 g/mol. The molecule has 0 aliphatic rings. The number of rotatable bonds is 6. The van der Waals surface area contributed by atoms with Crippen molar-refractivity contribution in [3.8, 4) is 5.75 Å². The Labute approximate surface area is 128 Å². The van der Waals surface area contributed by atoms with Gasteiger partial charge in [-0.1, -0.05) is 30.3 Å². The van der Waals surface area contributed by atoms with Crippen molar-refractivity contribution in [2.24, 2.45) is 5.73 Å². The maximum Gasteiger partial charge on any atom is 0.409 e. The molecular formula is C17H18N2O3. The Bertz CT molecular complexity index is 710. The fraction of sp³-hybridized carbons (Fsp3) is 0.176. The summed E-state index contributed by atoms with van der Waals surface area (Å²) in [6.45, 7) is 4.06. The van der Waals surface area contributed by atoms with Crippen molar-refractivity contribution in [2.75, 3.05) is 6.54 Å². The summed E-state index contributed by atoms with van der Waals surface area (Å²) in [5, 5.41) is 4.83. The SMILES string of the molecule is C=CCC(=O)NCCc1cccc2ccc(OC(N)=O)cc12. The molecule has 2 rings (SSSR count). The second-order valence-electron chi connectivity index (χ2n) is 4.81. The van der Waals surface area contributed by atoms with Crippen LogP contribution in [0.15, 0.2) is 49.1 Å². The van der Waals surface area contributed by atoms with E-state index in [9.17, 15) is 9.59 Å². The van der Waals surface area contributed by atoms with E-state index in [0.29, 0.717) is 25.1 Å². The molecule has 3 N–H and O–H groups in total. The monoisotopic (exact) mass is 298 g/mol. The second kappa shape index (κ2) is 7.26. The van der Waals surface area contributed by atoms with E-state index in [1.165, 1.54) is 0 Å². The van der Waals surface area contributed by atoms with Gasteiger partial charge < -0.3 is 15.8 Å². The number of hydrogen-bond donors (Lipinski definition) is 2. The number of fused-ring (bicyclic) bond motifs is 1. The maximum absolute atomic E-state index is 11.4. The molecule has 22 heavy (non-hydrogen) atoms. The number of nitrogens with two attached hydrogens (primary N) is 1. The van der Waals surface area contributed by atoms with Gasteiger partial charge in [0.25, 0.3) is 0 Å². The van der Waals surface area contributed by atoms with Crippen molar-refractivity contribution in [1.29, 1.82) is 0 Å².